The standard InChI is InChI=1S/C17H12N2O3/c20-15-14(13(18-15)10-6-2-1-3-7-10)19-16(21)11-8-4-5-9-12(11)17(19)22/h1-9,13-14H,(H,18,20)/t13-,14-/m1/s1. The molecule has 2 aromatic carbocycles. The van der Waals surface area contributed by atoms with Crippen LogP contribution in [0, 0.1) is 0 Å². The highest BCUT2D eigenvalue weighted by Crippen LogP contribution is 2.34. The Kier molecular flexibility index (Phi) is 2.63. The van der Waals surface area contributed by atoms with E-state index < -0.39 is 17.9 Å². The maximum Gasteiger partial charge on any atom is 0.262 e. The molecule has 2 heterocycles. The monoisotopic (exact) mass is 292 g/mol. The van der Waals surface area contributed by atoms with Crippen LogP contribution >= 0.6 is 0 Å². The lowest BCUT2D eigenvalue weighted by molar-refractivity contribution is -0.135. The van der Waals surface area contributed by atoms with Gasteiger partial charge in [-0.3, -0.25) is 19.3 Å². The Hall–Kier alpha value is -2.95. The third kappa shape index (κ3) is 1.62. The summed E-state index contributed by atoms with van der Waals surface area (Å²) < 4.78 is 0. The maximum atomic E-state index is 12.5. The Morgan fingerprint density at radius 1 is 0.773 bits per heavy atom. The molecule has 0 unspecified atom stereocenters. The Bertz CT molecular complexity index is 766. The average Bonchev–Trinajstić information content (AvgIpc) is 2.79. The number of rotatable bonds is 2. The molecule has 0 saturated carbocycles. The molecule has 1 saturated heterocycles. The summed E-state index contributed by atoms with van der Waals surface area (Å²) in [6.07, 6.45) is 0. The van der Waals surface area contributed by atoms with Gasteiger partial charge in [0.05, 0.1) is 17.2 Å². The number of nitrogens with zero attached hydrogens (tertiary/aromatic N) is 1. The van der Waals surface area contributed by atoms with E-state index in [2.05, 4.69) is 5.32 Å². The van der Waals surface area contributed by atoms with Crippen molar-refractivity contribution in [2.75, 3.05) is 0 Å². The topological polar surface area (TPSA) is 66.5 Å². The number of imide groups is 1. The van der Waals surface area contributed by atoms with Crippen LogP contribution in [0.15, 0.2) is 54.6 Å². The van der Waals surface area contributed by atoms with Crippen molar-refractivity contribution in [2.24, 2.45) is 0 Å². The molecule has 2 atom stereocenters. The van der Waals surface area contributed by atoms with E-state index in [0.29, 0.717) is 11.1 Å². The summed E-state index contributed by atoms with van der Waals surface area (Å²) in [5.41, 5.74) is 1.60. The summed E-state index contributed by atoms with van der Waals surface area (Å²) in [6.45, 7) is 0. The summed E-state index contributed by atoms with van der Waals surface area (Å²) in [5.74, 6) is -1.11. The number of fused-ring (bicyclic) bond motifs is 1. The van der Waals surface area contributed by atoms with Crippen LogP contribution in [0.4, 0.5) is 0 Å². The van der Waals surface area contributed by atoms with E-state index in [1.807, 2.05) is 30.3 Å². The molecule has 22 heavy (non-hydrogen) atoms. The zero-order valence-electron chi connectivity index (χ0n) is 11.5. The minimum absolute atomic E-state index is 0.302. The van der Waals surface area contributed by atoms with Crippen LogP contribution in [0.3, 0.4) is 0 Å². The normalized spacial score (nSPS) is 23.1. The van der Waals surface area contributed by atoms with Crippen LogP contribution in [-0.2, 0) is 4.79 Å². The van der Waals surface area contributed by atoms with E-state index in [9.17, 15) is 14.4 Å². The average molecular weight is 292 g/mol. The fourth-order valence-corrected chi connectivity index (χ4v) is 3.03. The molecule has 2 aromatic rings. The van der Waals surface area contributed by atoms with Crippen LogP contribution < -0.4 is 5.32 Å². The molecule has 1 fully saturated rings. The first-order valence-electron chi connectivity index (χ1n) is 7.01. The Balaban J connectivity index is 1.72. The van der Waals surface area contributed by atoms with Gasteiger partial charge in [0.25, 0.3) is 11.8 Å². The second-order valence-corrected chi connectivity index (χ2v) is 5.37. The Morgan fingerprint density at radius 3 is 1.86 bits per heavy atom. The lowest BCUT2D eigenvalue weighted by Crippen LogP contribution is -2.65. The van der Waals surface area contributed by atoms with Gasteiger partial charge in [0.15, 0.2) is 0 Å². The molecular weight excluding hydrogens is 280 g/mol. The van der Waals surface area contributed by atoms with Crippen molar-refractivity contribution in [3.63, 3.8) is 0 Å². The quantitative estimate of drug-likeness (QED) is 0.674. The molecule has 0 bridgehead atoms. The number of amides is 3. The van der Waals surface area contributed by atoms with Crippen molar-refractivity contribution in [1.82, 2.24) is 10.2 Å². The summed E-state index contributed by atoms with van der Waals surface area (Å²) in [7, 11) is 0. The molecule has 1 N–H and O–H groups in total. The largest absolute Gasteiger partial charge is 0.345 e. The van der Waals surface area contributed by atoms with Gasteiger partial charge in [-0.2, -0.15) is 0 Å². The summed E-state index contributed by atoms with van der Waals surface area (Å²) in [4.78, 5) is 38.0. The van der Waals surface area contributed by atoms with Crippen molar-refractivity contribution in [1.29, 1.82) is 0 Å². The number of hydrogen-bond donors (Lipinski definition) is 1. The van der Waals surface area contributed by atoms with Crippen LogP contribution in [0.25, 0.3) is 0 Å². The van der Waals surface area contributed by atoms with E-state index in [4.69, 9.17) is 0 Å². The number of carbonyl (C=O) groups excluding carboxylic acids is 3. The van der Waals surface area contributed by atoms with Gasteiger partial charge < -0.3 is 5.32 Å². The van der Waals surface area contributed by atoms with E-state index in [-0.39, 0.29) is 11.9 Å². The molecule has 2 aliphatic heterocycles. The van der Waals surface area contributed by atoms with E-state index in [0.717, 1.165) is 10.5 Å². The smallest absolute Gasteiger partial charge is 0.262 e. The predicted octanol–water partition coefficient (Wildman–Crippen LogP) is 1.52. The number of hydrogen-bond acceptors (Lipinski definition) is 3. The molecule has 0 spiro atoms. The van der Waals surface area contributed by atoms with Crippen molar-refractivity contribution >= 4 is 17.7 Å². The van der Waals surface area contributed by atoms with E-state index in [1.165, 1.54) is 0 Å². The van der Waals surface area contributed by atoms with Gasteiger partial charge in [0.1, 0.15) is 6.04 Å². The zero-order valence-corrected chi connectivity index (χ0v) is 11.5. The first kappa shape index (κ1) is 12.8. The highest BCUT2D eigenvalue weighted by atomic mass is 16.2. The molecule has 108 valence electrons. The second kappa shape index (κ2) is 4.53. The lowest BCUT2D eigenvalue weighted by atomic mass is 9.90. The van der Waals surface area contributed by atoms with Gasteiger partial charge in [-0.05, 0) is 17.7 Å². The summed E-state index contributed by atoms with van der Waals surface area (Å²) in [5, 5.41) is 2.77. The number of β-lactam (4-membered cyclic amide) rings is 1. The fourth-order valence-electron chi connectivity index (χ4n) is 3.03. The van der Waals surface area contributed by atoms with Crippen molar-refractivity contribution < 1.29 is 14.4 Å². The predicted molar refractivity (Wildman–Crippen MR) is 78.1 cm³/mol. The third-order valence-electron chi connectivity index (χ3n) is 4.14. The highest BCUT2D eigenvalue weighted by Gasteiger charge is 2.52. The van der Waals surface area contributed by atoms with Crippen LogP contribution in [0.1, 0.15) is 32.3 Å². The van der Waals surface area contributed by atoms with E-state index in [1.54, 1.807) is 24.3 Å². The zero-order chi connectivity index (χ0) is 15.3. The SMILES string of the molecule is O=C1N[C@H](c2ccccc2)[C@H]1N1C(=O)c2ccccc2C1=O. The molecule has 3 amide bonds. The molecule has 0 aliphatic carbocycles. The molecule has 0 radical (unpaired) electrons. The van der Waals surface area contributed by atoms with Gasteiger partial charge in [0.2, 0.25) is 5.91 Å². The Morgan fingerprint density at radius 2 is 1.32 bits per heavy atom. The van der Waals surface area contributed by atoms with Gasteiger partial charge in [-0.25, -0.2) is 0 Å². The molecular formula is C17H12N2O3. The van der Waals surface area contributed by atoms with Crippen LogP contribution in [0.5, 0.6) is 0 Å². The number of carbonyl (C=O) groups is 3. The van der Waals surface area contributed by atoms with Crippen molar-refractivity contribution in [2.45, 2.75) is 12.1 Å². The van der Waals surface area contributed by atoms with Gasteiger partial charge in [-0.1, -0.05) is 42.5 Å². The second-order valence-electron chi connectivity index (χ2n) is 5.37. The maximum absolute atomic E-state index is 12.5. The van der Waals surface area contributed by atoms with Crippen LogP contribution in [-0.4, -0.2) is 28.7 Å². The lowest BCUT2D eigenvalue weighted by Gasteiger charge is -2.41. The minimum atomic E-state index is -0.783. The first-order chi connectivity index (χ1) is 10.7. The van der Waals surface area contributed by atoms with Gasteiger partial charge in [-0.15, -0.1) is 0 Å². The molecule has 5 nitrogen and oxygen atoms in total. The Labute approximate surface area is 126 Å². The summed E-state index contributed by atoms with van der Waals surface area (Å²) in [6, 6.07) is 14.9. The number of nitrogens with one attached hydrogen (secondary N) is 1. The van der Waals surface area contributed by atoms with Crippen LogP contribution in [0.2, 0.25) is 0 Å². The van der Waals surface area contributed by atoms with Gasteiger partial charge in [0, 0.05) is 0 Å². The van der Waals surface area contributed by atoms with Crippen molar-refractivity contribution in [3.8, 4) is 0 Å². The molecule has 2 aliphatic rings. The fraction of sp³-hybridized carbons (Fsp3) is 0.118. The number of benzene rings is 2. The molecule has 5 heteroatoms. The highest BCUT2D eigenvalue weighted by molar-refractivity contribution is 6.23. The minimum Gasteiger partial charge on any atom is -0.345 e. The molecule has 0 aromatic heterocycles. The first-order valence-corrected chi connectivity index (χ1v) is 7.01. The summed E-state index contributed by atoms with van der Waals surface area (Å²) >= 11 is 0. The third-order valence-corrected chi connectivity index (χ3v) is 4.14. The molecule has 4 rings (SSSR count). The van der Waals surface area contributed by atoms with Gasteiger partial charge >= 0.3 is 0 Å². The van der Waals surface area contributed by atoms with Crippen molar-refractivity contribution in [3.05, 3.63) is 71.3 Å². The van der Waals surface area contributed by atoms with E-state index >= 15 is 0 Å².